The number of carbonyl (C=O) groups excluding carboxylic acids is 3. The molecule has 0 spiro atoms. The average molecular weight is 293 g/mol. The molecule has 2 N–H and O–H groups in total. The molecule has 0 aromatic carbocycles. The van der Waals surface area contributed by atoms with Crippen molar-refractivity contribution in [1.29, 1.82) is 0 Å². The molecule has 2 rings (SSSR count). The molecule has 1 aromatic heterocycles. The Morgan fingerprint density at radius 1 is 1.43 bits per heavy atom. The molecule has 1 saturated heterocycles. The van der Waals surface area contributed by atoms with E-state index < -0.39 is 17.9 Å². The Morgan fingerprint density at radius 3 is 2.90 bits per heavy atom. The summed E-state index contributed by atoms with van der Waals surface area (Å²) in [6.07, 6.45) is 4.13. The van der Waals surface area contributed by atoms with Crippen LogP contribution in [0.2, 0.25) is 0 Å². The van der Waals surface area contributed by atoms with E-state index in [-0.39, 0.29) is 12.5 Å². The number of aromatic amines is 1. The molecule has 0 radical (unpaired) electrons. The van der Waals surface area contributed by atoms with Crippen molar-refractivity contribution < 1.29 is 19.1 Å². The monoisotopic (exact) mass is 293 g/mol. The lowest BCUT2D eigenvalue weighted by atomic mass is 10.0. The highest BCUT2D eigenvalue weighted by Gasteiger charge is 2.30. The minimum Gasteiger partial charge on any atom is -0.468 e. The smallest absolute Gasteiger partial charge is 0.323 e. The van der Waals surface area contributed by atoms with Crippen LogP contribution in [-0.2, 0) is 14.3 Å². The number of likely N-dealkylation sites (tertiary alicyclic amines) is 1. The molecule has 114 valence electrons. The number of ether oxygens (including phenoxy) is 1. The van der Waals surface area contributed by atoms with Gasteiger partial charge >= 0.3 is 5.97 Å². The second-order valence-corrected chi connectivity index (χ2v) is 4.97. The highest BCUT2D eigenvalue weighted by molar-refractivity contribution is 6.04. The van der Waals surface area contributed by atoms with Gasteiger partial charge in [0.05, 0.1) is 13.7 Å². The number of amides is 2. The number of H-pyrrole nitrogens is 1. The maximum Gasteiger partial charge on any atom is 0.323 e. The van der Waals surface area contributed by atoms with Crippen LogP contribution in [0.25, 0.3) is 0 Å². The molecule has 7 heteroatoms. The molecule has 0 saturated carbocycles. The summed E-state index contributed by atoms with van der Waals surface area (Å²) < 4.78 is 4.76. The van der Waals surface area contributed by atoms with Crippen molar-refractivity contribution in [2.24, 2.45) is 0 Å². The van der Waals surface area contributed by atoms with Crippen LogP contribution in [0, 0.1) is 0 Å². The summed E-state index contributed by atoms with van der Waals surface area (Å²) in [7, 11) is 1.34. The van der Waals surface area contributed by atoms with E-state index in [1.165, 1.54) is 7.11 Å². The van der Waals surface area contributed by atoms with Crippen LogP contribution in [0.3, 0.4) is 0 Å². The Kier molecular flexibility index (Phi) is 5.10. The average Bonchev–Trinajstić information content (AvgIpc) is 3.01. The normalized spacial score (nSPS) is 19.0. The minimum atomic E-state index is -0.475. The van der Waals surface area contributed by atoms with Crippen molar-refractivity contribution in [2.45, 2.75) is 25.3 Å². The van der Waals surface area contributed by atoms with Crippen LogP contribution in [0.5, 0.6) is 0 Å². The van der Waals surface area contributed by atoms with Gasteiger partial charge < -0.3 is 9.72 Å². The van der Waals surface area contributed by atoms with Crippen molar-refractivity contribution >= 4 is 17.8 Å². The number of esters is 1. The first-order chi connectivity index (χ1) is 10.1. The number of piperidine rings is 1. The number of aromatic nitrogens is 1. The quantitative estimate of drug-likeness (QED) is 0.779. The van der Waals surface area contributed by atoms with Crippen molar-refractivity contribution in [3.8, 4) is 0 Å². The van der Waals surface area contributed by atoms with Gasteiger partial charge in [-0.05, 0) is 31.5 Å². The third kappa shape index (κ3) is 3.91. The molecule has 2 heterocycles. The zero-order valence-electron chi connectivity index (χ0n) is 11.9. The SMILES string of the molecule is COC(=O)[C@H]1CCCCN1CC(=O)NC(=O)c1ccc[nH]1. The zero-order valence-corrected chi connectivity index (χ0v) is 11.9. The number of hydrogen-bond donors (Lipinski definition) is 2. The molecule has 0 unspecified atom stereocenters. The molecule has 7 nitrogen and oxygen atoms in total. The fourth-order valence-corrected chi connectivity index (χ4v) is 2.47. The number of nitrogens with one attached hydrogen (secondary N) is 2. The van der Waals surface area contributed by atoms with Gasteiger partial charge in [0.2, 0.25) is 5.91 Å². The maximum atomic E-state index is 11.9. The molecule has 2 amide bonds. The fourth-order valence-electron chi connectivity index (χ4n) is 2.47. The molecule has 1 aromatic rings. The largest absolute Gasteiger partial charge is 0.468 e. The first kappa shape index (κ1) is 15.2. The van der Waals surface area contributed by atoms with Crippen molar-refractivity contribution in [3.05, 3.63) is 24.0 Å². The Morgan fingerprint density at radius 2 is 2.24 bits per heavy atom. The molecular formula is C14H19N3O4. The summed E-state index contributed by atoms with van der Waals surface area (Å²) in [5.74, 6) is -1.24. The van der Waals surface area contributed by atoms with Crippen LogP contribution in [0.4, 0.5) is 0 Å². The Labute approximate surface area is 122 Å². The third-order valence-corrected chi connectivity index (χ3v) is 3.53. The van der Waals surface area contributed by atoms with E-state index in [0.29, 0.717) is 18.7 Å². The Hall–Kier alpha value is -2.15. The number of methoxy groups -OCH3 is 1. The van der Waals surface area contributed by atoms with E-state index in [9.17, 15) is 14.4 Å². The Bertz CT molecular complexity index is 512. The van der Waals surface area contributed by atoms with Crippen LogP contribution in [0.15, 0.2) is 18.3 Å². The van der Waals surface area contributed by atoms with E-state index in [4.69, 9.17) is 4.74 Å². The summed E-state index contributed by atoms with van der Waals surface area (Å²) in [5, 5.41) is 2.30. The predicted octanol–water partition coefficient (Wildman–Crippen LogP) is 0.299. The van der Waals surface area contributed by atoms with Gasteiger partial charge in [-0.2, -0.15) is 0 Å². The van der Waals surface area contributed by atoms with Gasteiger partial charge in [-0.15, -0.1) is 0 Å². The number of nitrogens with zero attached hydrogens (tertiary/aromatic N) is 1. The van der Waals surface area contributed by atoms with Gasteiger partial charge in [0.15, 0.2) is 0 Å². The van der Waals surface area contributed by atoms with Gasteiger partial charge in [-0.25, -0.2) is 0 Å². The number of rotatable bonds is 4. The lowest BCUT2D eigenvalue weighted by Gasteiger charge is -2.32. The molecule has 1 aliphatic heterocycles. The standard InChI is InChI=1S/C14H19N3O4/c1-21-14(20)11-6-2-3-8-17(11)9-12(18)16-13(19)10-5-4-7-15-10/h4-5,7,11,15H,2-3,6,8-9H2,1H3,(H,16,18,19)/t11-/m1/s1. The molecular weight excluding hydrogens is 274 g/mol. The van der Waals surface area contributed by atoms with Crippen molar-refractivity contribution in [1.82, 2.24) is 15.2 Å². The number of imide groups is 1. The first-order valence-electron chi connectivity index (χ1n) is 6.91. The van der Waals surface area contributed by atoms with Gasteiger partial charge in [-0.1, -0.05) is 6.42 Å². The molecule has 21 heavy (non-hydrogen) atoms. The molecule has 1 atom stereocenters. The first-order valence-corrected chi connectivity index (χ1v) is 6.91. The number of carbonyl (C=O) groups is 3. The van der Waals surface area contributed by atoms with Gasteiger partial charge in [0.1, 0.15) is 11.7 Å². The van der Waals surface area contributed by atoms with Crippen molar-refractivity contribution in [3.63, 3.8) is 0 Å². The summed E-state index contributed by atoms with van der Waals surface area (Å²) in [6, 6.07) is 2.85. The second-order valence-electron chi connectivity index (χ2n) is 4.97. The van der Waals surface area contributed by atoms with Crippen LogP contribution < -0.4 is 5.32 Å². The highest BCUT2D eigenvalue weighted by atomic mass is 16.5. The van der Waals surface area contributed by atoms with Crippen molar-refractivity contribution in [2.75, 3.05) is 20.2 Å². The van der Waals surface area contributed by atoms with E-state index in [1.54, 1.807) is 23.2 Å². The molecule has 1 aliphatic rings. The second kappa shape index (κ2) is 7.03. The lowest BCUT2D eigenvalue weighted by molar-refractivity contribution is -0.148. The van der Waals surface area contributed by atoms with E-state index >= 15 is 0 Å². The van der Waals surface area contributed by atoms with Crippen LogP contribution in [-0.4, -0.2) is 53.9 Å². The van der Waals surface area contributed by atoms with Crippen LogP contribution >= 0.6 is 0 Å². The summed E-state index contributed by atoms with van der Waals surface area (Å²) in [6.45, 7) is 0.649. The minimum absolute atomic E-state index is 0.00617. The summed E-state index contributed by atoms with van der Waals surface area (Å²) in [5.41, 5.74) is 0.325. The molecule has 0 aliphatic carbocycles. The fraction of sp³-hybridized carbons (Fsp3) is 0.500. The van der Waals surface area contributed by atoms with Gasteiger partial charge in [-0.3, -0.25) is 24.6 Å². The molecule has 0 bridgehead atoms. The molecule has 1 fully saturated rings. The van der Waals surface area contributed by atoms with Gasteiger partial charge in [0.25, 0.3) is 5.91 Å². The Balaban J connectivity index is 1.91. The highest BCUT2D eigenvalue weighted by Crippen LogP contribution is 2.17. The predicted molar refractivity (Wildman–Crippen MR) is 74.5 cm³/mol. The maximum absolute atomic E-state index is 11.9. The number of hydrogen-bond acceptors (Lipinski definition) is 5. The van der Waals surface area contributed by atoms with Gasteiger partial charge in [0, 0.05) is 6.20 Å². The van der Waals surface area contributed by atoms with E-state index in [0.717, 1.165) is 12.8 Å². The lowest BCUT2D eigenvalue weighted by Crippen LogP contribution is -2.50. The zero-order chi connectivity index (χ0) is 15.2. The van der Waals surface area contributed by atoms with E-state index in [1.807, 2.05) is 0 Å². The topological polar surface area (TPSA) is 91.5 Å². The van der Waals surface area contributed by atoms with Crippen LogP contribution in [0.1, 0.15) is 29.8 Å². The summed E-state index contributed by atoms with van der Waals surface area (Å²) >= 11 is 0. The third-order valence-electron chi connectivity index (χ3n) is 3.53. The van der Waals surface area contributed by atoms with E-state index in [2.05, 4.69) is 10.3 Å². The summed E-state index contributed by atoms with van der Waals surface area (Å²) in [4.78, 5) is 39.9.